The molecule has 0 aromatic carbocycles. The van der Waals surface area contributed by atoms with Crippen LogP contribution in [0.5, 0.6) is 5.88 Å². The molecule has 0 spiro atoms. The van der Waals surface area contributed by atoms with Gasteiger partial charge in [0.1, 0.15) is 0 Å². The van der Waals surface area contributed by atoms with E-state index in [0.717, 1.165) is 31.5 Å². The van der Waals surface area contributed by atoms with Gasteiger partial charge in [-0.25, -0.2) is 4.98 Å². The number of hydrogen-bond acceptors (Lipinski definition) is 5. The lowest BCUT2D eigenvalue weighted by molar-refractivity contribution is 0.313. The molecule has 2 atom stereocenters. The van der Waals surface area contributed by atoms with Gasteiger partial charge in [-0.1, -0.05) is 6.07 Å². The average molecular weight is 324 g/mol. The topological polar surface area (TPSA) is 41.5 Å². The predicted octanol–water partition coefficient (Wildman–Crippen LogP) is 2.44. The van der Waals surface area contributed by atoms with Crippen molar-refractivity contribution in [1.82, 2.24) is 14.9 Å². The number of anilines is 1. The molecule has 2 aliphatic heterocycles. The zero-order chi connectivity index (χ0) is 16.4. The molecule has 0 N–H and O–H groups in total. The molecule has 0 amide bonds. The van der Waals surface area contributed by atoms with Gasteiger partial charge in [0.05, 0.1) is 19.0 Å². The summed E-state index contributed by atoms with van der Waals surface area (Å²) in [5.41, 5.74) is 2.52. The molecule has 2 aromatic heterocycles. The Morgan fingerprint density at radius 3 is 2.79 bits per heavy atom. The number of aromatic nitrogens is 2. The summed E-state index contributed by atoms with van der Waals surface area (Å²) in [7, 11) is 1.65. The van der Waals surface area contributed by atoms with Crippen molar-refractivity contribution < 1.29 is 4.74 Å². The van der Waals surface area contributed by atoms with Gasteiger partial charge in [-0.15, -0.1) is 0 Å². The number of nitrogens with zero attached hydrogens (tertiary/aromatic N) is 4. The molecule has 2 aliphatic rings. The minimum Gasteiger partial charge on any atom is -0.481 e. The third kappa shape index (κ3) is 3.22. The van der Waals surface area contributed by atoms with Gasteiger partial charge < -0.3 is 9.64 Å². The maximum atomic E-state index is 5.13. The summed E-state index contributed by atoms with van der Waals surface area (Å²) in [6.07, 6.45) is 7.03. The Hall–Kier alpha value is -2.14. The van der Waals surface area contributed by atoms with E-state index < -0.39 is 0 Å². The van der Waals surface area contributed by atoms with Crippen LogP contribution >= 0.6 is 0 Å². The Kier molecular flexibility index (Phi) is 4.34. The highest BCUT2D eigenvalue weighted by molar-refractivity contribution is 5.44. The van der Waals surface area contributed by atoms with Crippen LogP contribution in [0, 0.1) is 11.8 Å². The molecule has 0 saturated carbocycles. The van der Waals surface area contributed by atoms with Crippen molar-refractivity contribution in [3.8, 4) is 5.88 Å². The third-order valence-corrected chi connectivity index (χ3v) is 5.30. The standard InChI is InChI=1S/C19H24N4O/c1-24-19-5-4-15(9-21-19)11-22-12-16-6-8-23(14-17(16)13-22)18-3-2-7-20-10-18/h2-5,7,9-10,16-17H,6,8,11-14H2,1H3/t16-,17-/m0/s1. The SMILES string of the molecule is COc1ccc(CN2C[C@@H]3CCN(c4cccnc4)C[C@@H]3C2)cn1. The number of ether oxygens (including phenoxy) is 1. The van der Waals surface area contributed by atoms with E-state index in [1.165, 1.54) is 30.8 Å². The van der Waals surface area contributed by atoms with Crippen LogP contribution < -0.4 is 9.64 Å². The normalized spacial score (nSPS) is 24.0. The third-order valence-electron chi connectivity index (χ3n) is 5.30. The van der Waals surface area contributed by atoms with Gasteiger partial charge in [0.25, 0.3) is 0 Å². The van der Waals surface area contributed by atoms with Crippen LogP contribution in [0.25, 0.3) is 0 Å². The van der Waals surface area contributed by atoms with Crippen molar-refractivity contribution in [3.63, 3.8) is 0 Å². The lowest BCUT2D eigenvalue weighted by atomic mass is 9.88. The summed E-state index contributed by atoms with van der Waals surface area (Å²) in [4.78, 5) is 13.6. The second-order valence-corrected chi connectivity index (χ2v) is 6.87. The molecule has 0 bridgehead atoms. The number of fused-ring (bicyclic) bond motifs is 1. The van der Waals surface area contributed by atoms with E-state index in [2.05, 4.69) is 31.9 Å². The van der Waals surface area contributed by atoms with Gasteiger partial charge in [-0.3, -0.25) is 9.88 Å². The monoisotopic (exact) mass is 324 g/mol. The van der Waals surface area contributed by atoms with Crippen molar-refractivity contribution in [2.24, 2.45) is 11.8 Å². The highest BCUT2D eigenvalue weighted by atomic mass is 16.5. The van der Waals surface area contributed by atoms with Gasteiger partial charge in [-0.2, -0.15) is 0 Å². The van der Waals surface area contributed by atoms with Crippen molar-refractivity contribution in [2.45, 2.75) is 13.0 Å². The van der Waals surface area contributed by atoms with Crippen LogP contribution in [-0.4, -0.2) is 48.2 Å². The smallest absolute Gasteiger partial charge is 0.212 e. The summed E-state index contributed by atoms with van der Waals surface area (Å²) in [6.45, 7) is 5.65. The Bertz CT molecular complexity index is 661. The average Bonchev–Trinajstić information content (AvgIpc) is 3.04. The second kappa shape index (κ2) is 6.77. The summed E-state index contributed by atoms with van der Waals surface area (Å²) in [5.74, 6) is 2.26. The molecule has 0 aliphatic carbocycles. The molecule has 24 heavy (non-hydrogen) atoms. The van der Waals surface area contributed by atoms with Gasteiger partial charge in [0.2, 0.25) is 5.88 Å². The maximum Gasteiger partial charge on any atom is 0.212 e. The van der Waals surface area contributed by atoms with E-state index in [-0.39, 0.29) is 0 Å². The zero-order valence-corrected chi connectivity index (χ0v) is 14.1. The van der Waals surface area contributed by atoms with Crippen molar-refractivity contribution >= 4 is 5.69 Å². The van der Waals surface area contributed by atoms with Crippen LogP contribution in [0.3, 0.4) is 0 Å². The van der Waals surface area contributed by atoms with Gasteiger partial charge in [0, 0.05) is 51.2 Å². The van der Waals surface area contributed by atoms with E-state index in [9.17, 15) is 0 Å². The lowest BCUT2D eigenvalue weighted by Gasteiger charge is -2.35. The molecular formula is C19H24N4O. The van der Waals surface area contributed by atoms with Crippen molar-refractivity contribution in [3.05, 3.63) is 48.4 Å². The minimum absolute atomic E-state index is 0.681. The summed E-state index contributed by atoms with van der Waals surface area (Å²) < 4.78 is 5.13. The Morgan fingerprint density at radius 2 is 2.04 bits per heavy atom. The number of hydrogen-bond donors (Lipinski definition) is 0. The first-order valence-corrected chi connectivity index (χ1v) is 8.68. The Morgan fingerprint density at radius 1 is 1.12 bits per heavy atom. The molecule has 0 unspecified atom stereocenters. The van der Waals surface area contributed by atoms with Gasteiger partial charge >= 0.3 is 0 Å². The molecule has 4 rings (SSSR count). The summed E-state index contributed by atoms with van der Waals surface area (Å²) in [5, 5.41) is 0. The van der Waals surface area contributed by atoms with E-state index in [1.54, 1.807) is 7.11 Å². The van der Waals surface area contributed by atoms with Crippen molar-refractivity contribution in [1.29, 1.82) is 0 Å². The quantitative estimate of drug-likeness (QED) is 0.864. The molecule has 2 fully saturated rings. The van der Waals surface area contributed by atoms with Crippen LogP contribution in [0.2, 0.25) is 0 Å². The second-order valence-electron chi connectivity index (χ2n) is 6.87. The molecule has 5 heteroatoms. The van der Waals surface area contributed by atoms with Crippen LogP contribution in [0.1, 0.15) is 12.0 Å². The van der Waals surface area contributed by atoms with Crippen LogP contribution in [-0.2, 0) is 6.54 Å². The van der Waals surface area contributed by atoms with E-state index in [0.29, 0.717) is 5.88 Å². The van der Waals surface area contributed by atoms with Crippen LogP contribution in [0.15, 0.2) is 42.9 Å². The summed E-state index contributed by atoms with van der Waals surface area (Å²) >= 11 is 0. The predicted molar refractivity (Wildman–Crippen MR) is 94.1 cm³/mol. The molecular weight excluding hydrogens is 300 g/mol. The van der Waals surface area contributed by atoms with Gasteiger partial charge in [0.15, 0.2) is 0 Å². The molecule has 2 aromatic rings. The van der Waals surface area contributed by atoms with E-state index in [4.69, 9.17) is 4.74 Å². The number of rotatable bonds is 4. The number of piperidine rings is 1. The highest BCUT2D eigenvalue weighted by Crippen LogP contribution is 2.33. The first kappa shape index (κ1) is 15.4. The minimum atomic E-state index is 0.681. The van der Waals surface area contributed by atoms with Gasteiger partial charge in [-0.05, 0) is 36.0 Å². The lowest BCUT2D eigenvalue weighted by Crippen LogP contribution is -2.40. The first-order chi connectivity index (χ1) is 11.8. The molecule has 2 saturated heterocycles. The Labute approximate surface area is 143 Å². The molecule has 126 valence electrons. The Balaban J connectivity index is 1.37. The van der Waals surface area contributed by atoms with E-state index >= 15 is 0 Å². The fraction of sp³-hybridized carbons (Fsp3) is 0.474. The molecule has 4 heterocycles. The molecule has 5 nitrogen and oxygen atoms in total. The fourth-order valence-electron chi connectivity index (χ4n) is 4.05. The van der Waals surface area contributed by atoms with Crippen molar-refractivity contribution in [2.75, 3.05) is 38.2 Å². The fourth-order valence-corrected chi connectivity index (χ4v) is 4.05. The number of methoxy groups -OCH3 is 1. The number of likely N-dealkylation sites (tertiary alicyclic amines) is 1. The zero-order valence-electron chi connectivity index (χ0n) is 14.1. The maximum absolute atomic E-state index is 5.13. The largest absolute Gasteiger partial charge is 0.481 e. The van der Waals surface area contributed by atoms with Crippen LogP contribution in [0.4, 0.5) is 5.69 Å². The highest BCUT2D eigenvalue weighted by Gasteiger charge is 2.36. The first-order valence-electron chi connectivity index (χ1n) is 8.68. The van der Waals surface area contributed by atoms with E-state index in [1.807, 2.05) is 30.7 Å². The summed E-state index contributed by atoms with van der Waals surface area (Å²) in [6, 6.07) is 8.26. The molecule has 0 radical (unpaired) electrons. The number of pyridine rings is 2.